The average Bonchev–Trinajstić information content (AvgIpc) is 2.53. The van der Waals surface area contributed by atoms with Gasteiger partial charge in [-0.2, -0.15) is 0 Å². The average molecular weight is 219 g/mol. The number of hydrogen-bond acceptors (Lipinski definition) is 2. The molecule has 0 aliphatic carbocycles. The molecule has 0 unspecified atom stereocenters. The molecule has 1 N–H and O–H groups in total. The van der Waals surface area contributed by atoms with Crippen molar-refractivity contribution >= 4 is 33.5 Å². The number of phenolic OH excluding ortho intramolecular Hbond substituents is 1. The number of rotatable bonds is 0. The van der Waals surface area contributed by atoms with E-state index in [4.69, 9.17) is 16.0 Å². The van der Waals surface area contributed by atoms with Gasteiger partial charge >= 0.3 is 0 Å². The fourth-order valence-electron chi connectivity index (χ4n) is 1.74. The lowest BCUT2D eigenvalue weighted by atomic mass is 10.1. The van der Waals surface area contributed by atoms with Crippen molar-refractivity contribution in [1.82, 2.24) is 0 Å². The van der Waals surface area contributed by atoms with Crippen molar-refractivity contribution in [2.24, 2.45) is 0 Å². The maximum absolute atomic E-state index is 9.32. The molecule has 0 bridgehead atoms. The lowest BCUT2D eigenvalue weighted by Gasteiger charge is -1.90. The molecular weight excluding hydrogens is 212 g/mol. The first-order valence-electron chi connectivity index (χ1n) is 4.55. The van der Waals surface area contributed by atoms with Crippen LogP contribution >= 0.6 is 11.6 Å². The number of fused-ring (bicyclic) bond motifs is 3. The Morgan fingerprint density at radius 2 is 1.60 bits per heavy atom. The van der Waals surface area contributed by atoms with E-state index in [1.165, 1.54) is 0 Å². The molecule has 0 saturated carbocycles. The molecule has 3 rings (SSSR count). The van der Waals surface area contributed by atoms with Crippen LogP contribution in [-0.4, -0.2) is 5.11 Å². The van der Waals surface area contributed by atoms with Crippen LogP contribution in [0.15, 0.2) is 40.8 Å². The number of furan rings is 1. The molecule has 15 heavy (non-hydrogen) atoms. The van der Waals surface area contributed by atoms with Crippen molar-refractivity contribution in [3.8, 4) is 5.75 Å². The highest BCUT2D eigenvalue weighted by Gasteiger charge is 2.07. The van der Waals surface area contributed by atoms with Gasteiger partial charge in [0.1, 0.15) is 16.9 Å². The second-order valence-corrected chi connectivity index (χ2v) is 3.86. The number of halogens is 1. The highest BCUT2D eigenvalue weighted by Crippen LogP contribution is 2.32. The summed E-state index contributed by atoms with van der Waals surface area (Å²) >= 11 is 5.87. The van der Waals surface area contributed by atoms with Crippen LogP contribution in [0.5, 0.6) is 5.75 Å². The van der Waals surface area contributed by atoms with Crippen LogP contribution in [0.25, 0.3) is 21.9 Å². The Kier molecular flexibility index (Phi) is 1.67. The molecule has 0 radical (unpaired) electrons. The van der Waals surface area contributed by atoms with Gasteiger partial charge in [0.15, 0.2) is 0 Å². The Bertz CT molecular complexity index is 599. The van der Waals surface area contributed by atoms with Crippen molar-refractivity contribution in [2.75, 3.05) is 0 Å². The Morgan fingerprint density at radius 3 is 2.40 bits per heavy atom. The first kappa shape index (κ1) is 8.62. The molecule has 1 aromatic heterocycles. The standard InChI is InChI=1S/C12H7ClO2/c13-7-1-3-9-10-4-2-8(14)6-12(10)15-11(9)5-7/h1-6,14H. The minimum Gasteiger partial charge on any atom is -0.508 e. The van der Waals surface area contributed by atoms with E-state index in [-0.39, 0.29) is 5.75 Å². The van der Waals surface area contributed by atoms with Crippen LogP contribution in [0.3, 0.4) is 0 Å². The third-order valence-electron chi connectivity index (χ3n) is 2.42. The molecule has 2 nitrogen and oxygen atoms in total. The predicted molar refractivity (Wildman–Crippen MR) is 60.4 cm³/mol. The van der Waals surface area contributed by atoms with E-state index in [0.29, 0.717) is 10.6 Å². The summed E-state index contributed by atoms with van der Waals surface area (Å²) in [5, 5.41) is 12.0. The van der Waals surface area contributed by atoms with Crippen molar-refractivity contribution in [3.05, 3.63) is 41.4 Å². The summed E-state index contributed by atoms with van der Waals surface area (Å²) in [5.74, 6) is 0.202. The molecule has 0 atom stereocenters. The number of hydrogen-bond donors (Lipinski definition) is 1. The first-order valence-corrected chi connectivity index (χ1v) is 4.92. The fourth-order valence-corrected chi connectivity index (χ4v) is 1.90. The molecule has 0 amide bonds. The van der Waals surface area contributed by atoms with Crippen molar-refractivity contribution in [1.29, 1.82) is 0 Å². The fraction of sp³-hybridized carbons (Fsp3) is 0. The van der Waals surface area contributed by atoms with Gasteiger partial charge in [-0.05, 0) is 24.3 Å². The minimum absolute atomic E-state index is 0.202. The molecule has 0 fully saturated rings. The molecule has 0 spiro atoms. The molecule has 0 aliphatic heterocycles. The molecule has 3 aromatic rings. The van der Waals surface area contributed by atoms with E-state index in [1.54, 1.807) is 18.2 Å². The zero-order valence-electron chi connectivity index (χ0n) is 7.70. The first-order chi connectivity index (χ1) is 7.24. The molecule has 3 heteroatoms. The lowest BCUT2D eigenvalue weighted by molar-refractivity contribution is 0.475. The number of phenols is 1. The van der Waals surface area contributed by atoms with E-state index in [1.807, 2.05) is 18.2 Å². The van der Waals surface area contributed by atoms with E-state index in [9.17, 15) is 5.11 Å². The zero-order chi connectivity index (χ0) is 10.4. The summed E-state index contributed by atoms with van der Waals surface area (Å²) in [7, 11) is 0. The number of aromatic hydroxyl groups is 1. The molecule has 74 valence electrons. The topological polar surface area (TPSA) is 33.4 Å². The Morgan fingerprint density at radius 1 is 0.933 bits per heavy atom. The van der Waals surface area contributed by atoms with Gasteiger partial charge in [0, 0.05) is 27.9 Å². The third kappa shape index (κ3) is 1.26. The lowest BCUT2D eigenvalue weighted by Crippen LogP contribution is -1.66. The summed E-state index contributed by atoms with van der Waals surface area (Å²) in [5.41, 5.74) is 1.41. The van der Waals surface area contributed by atoms with E-state index in [0.717, 1.165) is 16.4 Å². The molecule has 0 aliphatic rings. The van der Waals surface area contributed by atoms with Crippen LogP contribution in [-0.2, 0) is 0 Å². The van der Waals surface area contributed by atoms with Crippen LogP contribution < -0.4 is 0 Å². The van der Waals surface area contributed by atoms with E-state index >= 15 is 0 Å². The largest absolute Gasteiger partial charge is 0.508 e. The predicted octanol–water partition coefficient (Wildman–Crippen LogP) is 3.95. The zero-order valence-corrected chi connectivity index (χ0v) is 8.45. The third-order valence-corrected chi connectivity index (χ3v) is 2.65. The van der Waals surface area contributed by atoms with Crippen LogP contribution in [0.4, 0.5) is 0 Å². The Labute approximate surface area is 90.7 Å². The monoisotopic (exact) mass is 218 g/mol. The van der Waals surface area contributed by atoms with Crippen LogP contribution in [0.2, 0.25) is 5.02 Å². The summed E-state index contributed by atoms with van der Waals surface area (Å²) in [6, 6.07) is 10.6. The Hall–Kier alpha value is -1.67. The van der Waals surface area contributed by atoms with Gasteiger partial charge in [0.2, 0.25) is 0 Å². The molecule has 1 heterocycles. The summed E-state index contributed by atoms with van der Waals surface area (Å²) < 4.78 is 5.57. The summed E-state index contributed by atoms with van der Waals surface area (Å²) in [6.07, 6.45) is 0. The van der Waals surface area contributed by atoms with Crippen LogP contribution in [0.1, 0.15) is 0 Å². The van der Waals surface area contributed by atoms with Gasteiger partial charge in [0.05, 0.1) is 0 Å². The SMILES string of the molecule is Oc1ccc2c(c1)oc1cc(Cl)ccc12. The quantitative estimate of drug-likeness (QED) is 0.620. The Balaban J connectivity index is 2.51. The normalized spacial score (nSPS) is 11.3. The van der Waals surface area contributed by atoms with Gasteiger partial charge in [-0.15, -0.1) is 0 Å². The molecular formula is C12H7ClO2. The van der Waals surface area contributed by atoms with Crippen LogP contribution in [0, 0.1) is 0 Å². The van der Waals surface area contributed by atoms with Gasteiger partial charge in [0.25, 0.3) is 0 Å². The van der Waals surface area contributed by atoms with E-state index in [2.05, 4.69) is 0 Å². The van der Waals surface area contributed by atoms with Gasteiger partial charge in [-0.1, -0.05) is 11.6 Å². The van der Waals surface area contributed by atoms with Gasteiger partial charge < -0.3 is 9.52 Å². The number of benzene rings is 2. The molecule has 0 saturated heterocycles. The van der Waals surface area contributed by atoms with Crippen molar-refractivity contribution in [3.63, 3.8) is 0 Å². The maximum Gasteiger partial charge on any atom is 0.139 e. The van der Waals surface area contributed by atoms with E-state index < -0.39 is 0 Å². The van der Waals surface area contributed by atoms with Gasteiger partial charge in [-0.25, -0.2) is 0 Å². The van der Waals surface area contributed by atoms with Gasteiger partial charge in [-0.3, -0.25) is 0 Å². The second kappa shape index (κ2) is 2.91. The highest BCUT2D eigenvalue weighted by molar-refractivity contribution is 6.31. The minimum atomic E-state index is 0.202. The summed E-state index contributed by atoms with van der Waals surface area (Å²) in [6.45, 7) is 0. The summed E-state index contributed by atoms with van der Waals surface area (Å²) in [4.78, 5) is 0. The highest BCUT2D eigenvalue weighted by atomic mass is 35.5. The second-order valence-electron chi connectivity index (χ2n) is 3.42. The smallest absolute Gasteiger partial charge is 0.139 e. The molecule has 2 aromatic carbocycles. The van der Waals surface area contributed by atoms with Crippen molar-refractivity contribution < 1.29 is 9.52 Å². The maximum atomic E-state index is 9.32. The van der Waals surface area contributed by atoms with Crippen molar-refractivity contribution in [2.45, 2.75) is 0 Å².